The van der Waals surface area contributed by atoms with Crippen molar-refractivity contribution < 1.29 is 29.0 Å². The van der Waals surface area contributed by atoms with Crippen molar-refractivity contribution in [2.75, 3.05) is 6.54 Å². The summed E-state index contributed by atoms with van der Waals surface area (Å²) in [4.78, 5) is 52.7. The average molecular weight is 525 g/mol. The summed E-state index contributed by atoms with van der Waals surface area (Å²) in [6.45, 7) is 5.32. The van der Waals surface area contributed by atoms with E-state index in [4.69, 9.17) is 10.5 Å². The Morgan fingerprint density at radius 2 is 1.47 bits per heavy atom. The molecular weight excluding hydrogens is 488 g/mol. The highest BCUT2D eigenvalue weighted by atomic mass is 16.6. The maximum absolute atomic E-state index is 13.4. The van der Waals surface area contributed by atoms with Gasteiger partial charge < -0.3 is 26.2 Å². The van der Waals surface area contributed by atoms with E-state index >= 15 is 0 Å². The van der Waals surface area contributed by atoms with Gasteiger partial charge in [0.25, 0.3) is 0 Å². The molecule has 0 bridgehead atoms. The monoisotopic (exact) mass is 524 g/mol. The third-order valence-corrected chi connectivity index (χ3v) is 6.08. The van der Waals surface area contributed by atoms with Crippen LogP contribution >= 0.6 is 0 Å². The summed E-state index contributed by atoms with van der Waals surface area (Å²) >= 11 is 0. The van der Waals surface area contributed by atoms with Crippen LogP contribution in [0.5, 0.6) is 0 Å². The van der Waals surface area contributed by atoms with Crippen molar-refractivity contribution in [2.45, 2.75) is 69.8 Å². The molecular formula is C28H36N4O6. The first-order valence-electron chi connectivity index (χ1n) is 12.6. The van der Waals surface area contributed by atoms with Crippen LogP contribution < -0.4 is 16.4 Å². The van der Waals surface area contributed by atoms with Crippen molar-refractivity contribution in [1.82, 2.24) is 15.5 Å². The van der Waals surface area contributed by atoms with Gasteiger partial charge in [0.15, 0.2) is 0 Å². The van der Waals surface area contributed by atoms with Gasteiger partial charge in [0.05, 0.1) is 0 Å². The molecule has 1 saturated heterocycles. The molecule has 1 fully saturated rings. The Morgan fingerprint density at radius 3 is 1.97 bits per heavy atom. The fourth-order valence-corrected chi connectivity index (χ4v) is 4.29. The quantitative estimate of drug-likeness (QED) is 0.391. The van der Waals surface area contributed by atoms with E-state index in [0.717, 1.165) is 11.1 Å². The second-order valence-electron chi connectivity index (χ2n) is 10.5. The minimum atomic E-state index is -1.20. The summed E-state index contributed by atoms with van der Waals surface area (Å²) in [5, 5.41) is 15.1. The zero-order valence-electron chi connectivity index (χ0n) is 21.9. The maximum Gasteiger partial charge on any atom is 0.411 e. The summed E-state index contributed by atoms with van der Waals surface area (Å²) in [5.41, 5.74) is 6.83. The van der Waals surface area contributed by atoms with Crippen molar-refractivity contribution >= 4 is 23.9 Å². The molecule has 4 atom stereocenters. The number of amides is 3. The van der Waals surface area contributed by atoms with Crippen molar-refractivity contribution in [3.05, 3.63) is 71.8 Å². The van der Waals surface area contributed by atoms with Crippen LogP contribution in [0, 0.1) is 0 Å². The van der Waals surface area contributed by atoms with Gasteiger partial charge in [0.1, 0.15) is 23.7 Å². The number of likely N-dealkylation sites (tertiary alicyclic amines) is 1. The molecule has 2 aromatic carbocycles. The minimum Gasteiger partial charge on any atom is -0.480 e. The Labute approximate surface area is 222 Å². The van der Waals surface area contributed by atoms with Crippen molar-refractivity contribution in [1.29, 1.82) is 0 Å². The molecule has 10 nitrogen and oxygen atoms in total. The number of hydrogen-bond acceptors (Lipinski definition) is 6. The van der Waals surface area contributed by atoms with E-state index in [9.17, 15) is 24.3 Å². The van der Waals surface area contributed by atoms with Crippen LogP contribution in [-0.2, 0) is 32.0 Å². The summed E-state index contributed by atoms with van der Waals surface area (Å²) in [6.07, 6.45) is -0.251. The molecule has 2 aromatic rings. The lowest BCUT2D eigenvalue weighted by molar-refractivity contribution is -0.142. The minimum absolute atomic E-state index is 0.0812. The molecule has 38 heavy (non-hydrogen) atoms. The molecule has 10 heteroatoms. The Balaban J connectivity index is 1.78. The second kappa shape index (κ2) is 12.6. The van der Waals surface area contributed by atoms with Gasteiger partial charge in [-0.15, -0.1) is 0 Å². The summed E-state index contributed by atoms with van der Waals surface area (Å²) in [5.74, 6) is -2.39. The number of nitrogens with zero attached hydrogens (tertiary/aromatic N) is 1. The number of nitrogens with one attached hydrogen (secondary N) is 2. The number of carbonyl (C=O) groups is 4. The zero-order valence-corrected chi connectivity index (χ0v) is 21.9. The molecule has 1 aliphatic rings. The van der Waals surface area contributed by atoms with E-state index in [-0.39, 0.29) is 25.8 Å². The fourth-order valence-electron chi connectivity index (χ4n) is 4.29. The van der Waals surface area contributed by atoms with Crippen LogP contribution in [0.4, 0.5) is 4.79 Å². The predicted octanol–water partition coefficient (Wildman–Crippen LogP) is 1.86. The standard InChI is InChI=1S/C28H36N4O6/c1-28(2,3)38-27(37)32-17-20(29)16-23(32)25(34)30-21(14-18-10-6-4-7-11-18)24(33)31-22(26(35)36)15-19-12-8-5-9-13-19/h4-13,20-23H,14-17,29H2,1-3H3,(H,30,34)(H,31,33)(H,35,36)/t20-,21+,22-,23-/m0/s1. The number of carboxylic acids is 1. The van der Waals surface area contributed by atoms with E-state index in [0.29, 0.717) is 0 Å². The molecule has 0 aliphatic carbocycles. The molecule has 0 saturated carbocycles. The van der Waals surface area contributed by atoms with Crippen molar-refractivity contribution in [2.24, 2.45) is 5.73 Å². The van der Waals surface area contributed by atoms with Crippen LogP contribution in [0.1, 0.15) is 38.3 Å². The van der Waals surface area contributed by atoms with Crippen molar-refractivity contribution in [3.8, 4) is 0 Å². The van der Waals surface area contributed by atoms with Gasteiger partial charge in [-0.25, -0.2) is 9.59 Å². The second-order valence-corrected chi connectivity index (χ2v) is 10.5. The lowest BCUT2D eigenvalue weighted by atomic mass is 10.0. The Morgan fingerprint density at radius 1 is 0.947 bits per heavy atom. The predicted molar refractivity (Wildman–Crippen MR) is 141 cm³/mol. The lowest BCUT2D eigenvalue weighted by Crippen LogP contribution is -2.56. The molecule has 0 unspecified atom stereocenters. The summed E-state index contributed by atoms with van der Waals surface area (Å²) < 4.78 is 5.44. The SMILES string of the molecule is CC(C)(C)OC(=O)N1C[C@@H](N)C[C@H]1C(=O)N[C@H](Cc1ccccc1)C(=O)N[C@@H](Cc1ccccc1)C(=O)O. The molecule has 0 spiro atoms. The molecule has 0 aromatic heterocycles. The van der Waals surface area contributed by atoms with E-state index in [1.54, 1.807) is 45.0 Å². The zero-order chi connectivity index (χ0) is 27.9. The first-order chi connectivity index (χ1) is 17.9. The van der Waals surface area contributed by atoms with Crippen LogP contribution in [0.15, 0.2) is 60.7 Å². The molecule has 1 aliphatic heterocycles. The van der Waals surface area contributed by atoms with Gasteiger partial charge in [-0.1, -0.05) is 60.7 Å². The topological polar surface area (TPSA) is 151 Å². The number of ether oxygens (including phenoxy) is 1. The Hall–Kier alpha value is -3.92. The number of carbonyl (C=O) groups excluding carboxylic acids is 3. The van der Waals surface area contributed by atoms with Crippen LogP contribution in [0.2, 0.25) is 0 Å². The van der Waals surface area contributed by atoms with E-state index in [1.165, 1.54) is 4.90 Å². The normalized spacial score (nSPS) is 18.8. The van der Waals surface area contributed by atoms with Gasteiger partial charge in [0, 0.05) is 25.4 Å². The molecule has 5 N–H and O–H groups in total. The number of rotatable bonds is 9. The van der Waals surface area contributed by atoms with Gasteiger partial charge in [-0.2, -0.15) is 0 Å². The average Bonchev–Trinajstić information content (AvgIpc) is 3.25. The smallest absolute Gasteiger partial charge is 0.411 e. The largest absolute Gasteiger partial charge is 0.480 e. The fraction of sp³-hybridized carbons (Fsp3) is 0.429. The Kier molecular flexibility index (Phi) is 9.46. The highest BCUT2D eigenvalue weighted by Crippen LogP contribution is 2.21. The van der Waals surface area contributed by atoms with Gasteiger partial charge >= 0.3 is 12.1 Å². The third-order valence-electron chi connectivity index (χ3n) is 6.08. The molecule has 0 radical (unpaired) electrons. The molecule has 204 valence electrons. The van der Waals surface area contributed by atoms with Crippen LogP contribution in [0.3, 0.4) is 0 Å². The van der Waals surface area contributed by atoms with Gasteiger partial charge in [0.2, 0.25) is 11.8 Å². The highest BCUT2D eigenvalue weighted by molar-refractivity contribution is 5.93. The lowest BCUT2D eigenvalue weighted by Gasteiger charge is -2.29. The summed E-state index contributed by atoms with van der Waals surface area (Å²) in [6, 6.07) is 14.4. The van der Waals surface area contributed by atoms with Crippen molar-refractivity contribution in [3.63, 3.8) is 0 Å². The van der Waals surface area contributed by atoms with Crippen LogP contribution in [-0.4, -0.2) is 70.2 Å². The van der Waals surface area contributed by atoms with E-state index in [1.807, 2.05) is 36.4 Å². The first-order valence-corrected chi connectivity index (χ1v) is 12.6. The number of nitrogens with two attached hydrogens (primary N) is 1. The highest BCUT2D eigenvalue weighted by Gasteiger charge is 2.41. The van der Waals surface area contributed by atoms with E-state index < -0.39 is 53.6 Å². The summed E-state index contributed by atoms with van der Waals surface area (Å²) in [7, 11) is 0. The van der Waals surface area contributed by atoms with E-state index in [2.05, 4.69) is 10.6 Å². The molecule has 1 heterocycles. The number of hydrogen-bond donors (Lipinski definition) is 4. The van der Waals surface area contributed by atoms with Gasteiger partial charge in [-0.05, 0) is 38.3 Å². The number of aliphatic carboxylic acids is 1. The van der Waals surface area contributed by atoms with Crippen LogP contribution in [0.25, 0.3) is 0 Å². The maximum atomic E-state index is 13.4. The number of carboxylic acid groups (broad SMARTS) is 1. The number of benzene rings is 2. The Bertz CT molecular complexity index is 1120. The molecule has 3 rings (SSSR count). The first kappa shape index (κ1) is 28.6. The third kappa shape index (κ3) is 8.31. The van der Waals surface area contributed by atoms with Gasteiger partial charge in [-0.3, -0.25) is 14.5 Å². The molecule has 3 amide bonds.